The van der Waals surface area contributed by atoms with Crippen LogP contribution in [0.3, 0.4) is 0 Å². The van der Waals surface area contributed by atoms with Gasteiger partial charge in [0.25, 0.3) is 6.03 Å². The molecule has 694 valence electrons. The summed E-state index contributed by atoms with van der Waals surface area (Å²) in [6.45, 7) is 16.2. The fourth-order valence-corrected chi connectivity index (χ4v) is 8.88. The summed E-state index contributed by atoms with van der Waals surface area (Å²) in [4.78, 5) is 164. The quantitative estimate of drug-likeness (QED) is 0.00764. The van der Waals surface area contributed by atoms with E-state index in [2.05, 4.69) is 86.0 Å². The van der Waals surface area contributed by atoms with Gasteiger partial charge in [0.1, 0.15) is 71.6 Å². The second-order valence-corrected chi connectivity index (χ2v) is 25.7. The molecule has 0 saturated carbocycles. The molecule has 5 unspecified atom stereocenters. The van der Waals surface area contributed by atoms with Crippen molar-refractivity contribution in [2.45, 2.75) is 150 Å². The fourth-order valence-electron chi connectivity index (χ4n) is 8.88. The van der Waals surface area contributed by atoms with Crippen LogP contribution in [0, 0.1) is 95.7 Å². The van der Waals surface area contributed by atoms with Gasteiger partial charge >= 0.3 is 64.8 Å². The topological polar surface area (TPSA) is 631 Å². The van der Waals surface area contributed by atoms with E-state index in [1.807, 2.05) is 34.6 Å². The Morgan fingerprint density at radius 3 is 0.882 bits per heavy atom. The molecule has 2 heterocycles. The van der Waals surface area contributed by atoms with E-state index < -0.39 is 107 Å². The Morgan fingerprint density at radius 1 is 0.394 bits per heavy atom. The fraction of sp³-hybridized carbons (Fsp3) is 0.366. The van der Waals surface area contributed by atoms with E-state index in [1.165, 1.54) is 90.5 Å². The first-order chi connectivity index (χ1) is 58.9. The Bertz CT molecular complexity index is 4190. The van der Waals surface area contributed by atoms with E-state index in [0.29, 0.717) is 56.4 Å². The van der Waals surface area contributed by atoms with Gasteiger partial charge in [-0.1, -0.05) is 103 Å². The van der Waals surface area contributed by atoms with E-state index in [9.17, 15) is 72.9 Å². The number of carboxylic acid groups (broad SMARTS) is 2. The van der Waals surface area contributed by atoms with Gasteiger partial charge in [0.2, 0.25) is 0 Å². The molecule has 0 aliphatic heterocycles. The summed E-state index contributed by atoms with van der Waals surface area (Å²) >= 11 is 8.80. The van der Waals surface area contributed by atoms with Crippen molar-refractivity contribution < 1.29 is 219 Å². The van der Waals surface area contributed by atoms with Crippen molar-refractivity contribution in [2.75, 3.05) is 46.2 Å². The number of esters is 7. The summed E-state index contributed by atoms with van der Waals surface area (Å²) < 4.78 is 35.8. The van der Waals surface area contributed by atoms with Crippen LogP contribution in [0.1, 0.15) is 116 Å². The molecule has 2 aromatic heterocycles. The third-order valence-electron chi connectivity index (χ3n) is 14.5. The number of phenolic OH excluding ortho intramolecular Hbond substituents is 5. The van der Waals surface area contributed by atoms with E-state index in [-0.39, 0.29) is 183 Å². The molecule has 7 aromatic rings. The van der Waals surface area contributed by atoms with Crippen molar-refractivity contribution in [1.29, 1.82) is 0 Å². The third kappa shape index (κ3) is 62.3. The first-order valence-electron chi connectivity index (χ1n) is 38.0. The molecule has 0 spiro atoms. The predicted octanol–water partition coefficient (Wildman–Crippen LogP) is 8.66. The number of carbonyl (C=O) groups is 14. The number of halogens is 2. The third-order valence-corrected chi connectivity index (χ3v) is 14.5. The zero-order chi connectivity index (χ0) is 93.3. The van der Waals surface area contributed by atoms with Crippen molar-refractivity contribution in [1.82, 2.24) is 51.0 Å². The molecule has 0 aliphatic carbocycles. The Kier molecular flexibility index (Phi) is 70.7. The average Bonchev–Trinajstić information content (AvgIpc) is 1.61. The molecule has 19 N–H and O–H groups in total. The number of rotatable bonds is 35. The molecule has 7 rings (SSSR count). The van der Waals surface area contributed by atoms with Crippen molar-refractivity contribution in [3.63, 3.8) is 0 Å². The van der Waals surface area contributed by atoms with Crippen molar-refractivity contribution in [3.05, 3.63) is 200 Å². The summed E-state index contributed by atoms with van der Waals surface area (Å²) in [7, 11) is 0. The molecule has 0 fully saturated rings. The van der Waals surface area contributed by atoms with Gasteiger partial charge in [0.15, 0.2) is 11.9 Å². The first kappa shape index (κ1) is 122. The molecule has 2 radical (unpaired) electrons. The van der Waals surface area contributed by atoms with Crippen LogP contribution in [0.2, 0.25) is 0 Å². The number of primary amides is 2. The molecule has 0 saturated heterocycles. The number of hydrogen-bond acceptors (Lipinski definition) is 29. The maximum Gasteiger partial charge on any atom is 0.416 e. The smallest absolute Gasteiger partial charge is 0.416 e. The molecule has 5 aromatic carbocycles. The molecule has 127 heavy (non-hydrogen) atoms. The monoisotopic (exact) mass is 2080 g/mol. The Balaban J connectivity index is -0.000000725. The van der Waals surface area contributed by atoms with Crippen LogP contribution in [-0.2, 0) is 98.8 Å². The summed E-state index contributed by atoms with van der Waals surface area (Å²) in [5.74, 6) is -3.40. The van der Waals surface area contributed by atoms with Crippen LogP contribution in [0.15, 0.2) is 159 Å². The van der Waals surface area contributed by atoms with Crippen molar-refractivity contribution in [2.24, 2.45) is 17.2 Å². The van der Waals surface area contributed by atoms with Crippen LogP contribution in [0.4, 0.5) is 33.6 Å². The molecule has 45 heteroatoms. The minimum atomic E-state index is -1.28. The molecule has 41 nitrogen and oxygen atoms in total. The van der Waals surface area contributed by atoms with E-state index in [4.69, 9.17) is 59.4 Å². The van der Waals surface area contributed by atoms with E-state index >= 15 is 0 Å². The minimum Gasteiger partial charge on any atom is -0.508 e. The molecule has 5 atom stereocenters. The molecular formula is C82H111Cl2N13O28Pr2-2. The number of urea groups is 3. The minimum absolute atomic E-state index is 0. The number of carbonyl (C=O) groups excluding carboxylic acids is 12. The van der Waals surface area contributed by atoms with Gasteiger partial charge in [0, 0.05) is 133 Å². The molecule has 0 aliphatic rings. The number of aromatic nitrogens is 4. The zero-order valence-electron chi connectivity index (χ0n) is 70.2. The number of imidazole rings is 2. The number of nitrogens with one attached hydrogen (secondary N) is 6. The Hall–Kier alpha value is -11.5. The van der Waals surface area contributed by atoms with Crippen LogP contribution in [0.25, 0.3) is 0 Å². The van der Waals surface area contributed by atoms with E-state index in [1.54, 1.807) is 86.6 Å². The van der Waals surface area contributed by atoms with Crippen LogP contribution >= 0.6 is 23.2 Å². The number of phenols is 5. The number of nitrogens with two attached hydrogens (primary N) is 3. The number of ether oxygens (including phenoxy) is 7. The van der Waals surface area contributed by atoms with Gasteiger partial charge in [0.05, 0.1) is 46.2 Å². The van der Waals surface area contributed by atoms with Crippen LogP contribution in [0.5, 0.6) is 28.7 Å². The van der Waals surface area contributed by atoms with E-state index in [0.717, 1.165) is 40.8 Å². The van der Waals surface area contributed by atoms with Crippen LogP contribution in [-0.4, -0.2) is 214 Å². The second kappa shape index (κ2) is 73.7. The number of hydrogen-bond donors (Lipinski definition) is 16. The molecular weight excluding hydrogens is 1970 g/mol. The van der Waals surface area contributed by atoms with Crippen LogP contribution < -0.4 is 49.1 Å². The maximum atomic E-state index is 12.8. The van der Waals surface area contributed by atoms with Gasteiger partial charge in [-0.25, -0.2) is 57.7 Å². The Labute approximate surface area is 810 Å². The maximum absolute atomic E-state index is 12.8. The molecule has 8 amide bonds. The number of amides is 8. The number of aromatic hydroxyl groups is 5. The van der Waals surface area contributed by atoms with Crippen molar-refractivity contribution >= 4 is 106 Å². The molecule has 0 bridgehead atoms. The Morgan fingerprint density at radius 2 is 0.646 bits per heavy atom. The first-order valence-corrected chi connectivity index (χ1v) is 38.7. The normalized spacial score (nSPS) is 10.7. The SMILES string of the molecule is C.CCCOC(=O)C(Cc1ccc(O)cc1)NC(=O)NC(Cc1ccc(O)cc1)C(=O)OCCC.CCCOC(=O)C(Cc1ccc(O)cc1)NC(=O)O.CCCOC(=O)C(Cc1ccc(O)cc1)NC(=O)n1ccnc1.CCCOC(=O)C(N)Cc1ccc(O)cc1.CCOC(=O)[CH-]NC(=O)N[CH-]C(=O)OCC.NC(N)=O.O=C(Cl)Cl.O=C(O)n1ccnc1.[Pr].[Pr]. The second-order valence-electron chi connectivity index (χ2n) is 24.8. The van der Waals surface area contributed by atoms with Gasteiger partial charge < -0.3 is 118 Å². The largest absolute Gasteiger partial charge is 0.508 e. The summed E-state index contributed by atoms with van der Waals surface area (Å²) in [5, 5.41) is 77.6. The zero-order valence-corrected chi connectivity index (χ0v) is 79.1. The standard InChI is InChI=1S/C25H32N2O7.C16H19N3O4.C13H17NO5.C12H17NO3.C9H14N2O5.C4H4N2O2.CCl2O.CH4N2O.CH4.2Pr/c1-3-13-33-23(30)21(15-17-5-9-19(28)10-6-17)26-25(32)27-22(24(31)34-14-4-2)16-18-7-11-20(29)12-8-18;1-2-9-23-15(21)14(10-12-3-5-13(20)6-4-12)18-16(22)19-8-7-17-11-19;1-2-7-19-12(16)11(14-13(17)18)8-9-3-5-10(15)6-4-9;1-2-7-16-12(15)11(13)8-9-3-5-10(14)6-4-9;1-3-15-7(12)5-10-9(14)11-6-8(13)16-4-2;7-4(8)6-2-1-5-3-6;2*2-1(3)4;;;/h5-12,21-22,28-29H,3-4,13-16H2,1-2H3,(H2,26,27,32);3-8,11,14,20H,2,9-10H2,1H3,(H,18,22);3-6,11,14-15H,2,7-8H2,1H3,(H,17,18);3-6,11,14H,2,7-8,13H2,1H3;5-6H,3-4H2,1-2H3,(H2,10,11,14);1-3H,(H,7,8);;(H4,2,3,4);1H4;;/q;;;;-2;;;;;;. The number of benzene rings is 5. The van der Waals surface area contributed by atoms with Crippen molar-refractivity contribution in [3.8, 4) is 28.7 Å². The predicted molar refractivity (Wildman–Crippen MR) is 454 cm³/mol. The summed E-state index contributed by atoms with van der Waals surface area (Å²) in [5.41, 5.74) is 18.0. The average molecular weight is 2080 g/mol. The van der Waals surface area contributed by atoms with Gasteiger partial charge in [-0.05, 0) is 164 Å². The van der Waals surface area contributed by atoms with Gasteiger partial charge in [-0.2, -0.15) is 13.1 Å². The van der Waals surface area contributed by atoms with Gasteiger partial charge in [-0.3, -0.25) is 28.5 Å². The van der Waals surface area contributed by atoms with Gasteiger partial charge in [-0.15, -0.1) is 0 Å². The number of nitrogens with zero attached hydrogens (tertiary/aromatic N) is 4. The summed E-state index contributed by atoms with van der Waals surface area (Å²) in [6, 6.07) is 24.6. The summed E-state index contributed by atoms with van der Waals surface area (Å²) in [6.07, 6.45) is 10.6.